The molecule has 0 bridgehead atoms. The van der Waals surface area contributed by atoms with E-state index in [9.17, 15) is 4.79 Å². The fourth-order valence-corrected chi connectivity index (χ4v) is 2.15. The van der Waals surface area contributed by atoms with Crippen molar-refractivity contribution >= 4 is 11.6 Å². The number of nitrogens with zero attached hydrogens (tertiary/aromatic N) is 1. The molecule has 0 aliphatic carbocycles. The smallest absolute Gasteiger partial charge is 0.227 e. The molecule has 90 valence electrons. The number of nitrogens with two attached hydrogens (primary N) is 1. The molecule has 0 spiro atoms. The highest BCUT2D eigenvalue weighted by Crippen LogP contribution is 2.25. The van der Waals surface area contributed by atoms with Crippen LogP contribution in [0.25, 0.3) is 0 Å². The second-order valence-electron chi connectivity index (χ2n) is 4.41. The number of rotatable bonds is 4. The number of benzene rings is 1. The summed E-state index contributed by atoms with van der Waals surface area (Å²) in [7, 11) is 0. The van der Waals surface area contributed by atoms with Gasteiger partial charge in [0, 0.05) is 24.6 Å². The van der Waals surface area contributed by atoms with Gasteiger partial charge in [-0.05, 0) is 30.7 Å². The second-order valence-corrected chi connectivity index (χ2v) is 4.41. The molecular weight excluding hydrogens is 212 g/mol. The van der Waals surface area contributed by atoms with Crippen molar-refractivity contribution in [1.29, 1.82) is 0 Å². The minimum Gasteiger partial charge on any atom is -0.330 e. The lowest BCUT2D eigenvalue weighted by Crippen LogP contribution is -2.24. The summed E-state index contributed by atoms with van der Waals surface area (Å²) < 4.78 is 0. The van der Waals surface area contributed by atoms with Crippen molar-refractivity contribution in [3.8, 4) is 0 Å². The van der Waals surface area contributed by atoms with Crippen molar-refractivity contribution < 1.29 is 4.79 Å². The van der Waals surface area contributed by atoms with Gasteiger partial charge in [0.05, 0.1) is 0 Å². The molecule has 1 fully saturated rings. The Morgan fingerprint density at radius 3 is 2.65 bits per heavy atom. The highest BCUT2D eigenvalue weighted by Gasteiger charge is 2.28. The highest BCUT2D eigenvalue weighted by atomic mass is 16.2. The molecule has 2 rings (SSSR count). The zero-order valence-corrected chi connectivity index (χ0v) is 9.93. The molecule has 0 aromatic heterocycles. The molecule has 1 aromatic rings. The Morgan fingerprint density at radius 1 is 1.41 bits per heavy atom. The first-order valence-electron chi connectivity index (χ1n) is 5.96. The Kier molecular flexibility index (Phi) is 3.59. The maximum atomic E-state index is 11.8. The van der Waals surface area contributed by atoms with E-state index in [1.807, 2.05) is 35.2 Å². The molecule has 0 radical (unpaired) electrons. The Balaban J connectivity index is 2.12. The lowest BCUT2D eigenvalue weighted by molar-refractivity contribution is -0.117. The molecule has 1 aliphatic rings. The molecule has 3 heteroatoms. The quantitative estimate of drug-likeness (QED) is 0.801. The average Bonchev–Trinajstić information content (AvgIpc) is 2.72. The first kappa shape index (κ1) is 11.9. The summed E-state index contributed by atoms with van der Waals surface area (Å²) in [4.78, 5) is 13.6. The van der Waals surface area contributed by atoms with Crippen molar-refractivity contribution in [2.45, 2.75) is 12.8 Å². The maximum Gasteiger partial charge on any atom is 0.227 e. The number of carbonyl (C=O) groups excluding carboxylic acids is 1. The van der Waals surface area contributed by atoms with Crippen LogP contribution in [0.15, 0.2) is 36.9 Å². The predicted molar refractivity (Wildman–Crippen MR) is 69.9 cm³/mol. The standard InChI is InChI=1S/C14H18N2O/c1-2-11-9-14(17)16(10-11)13-5-3-12(4-6-13)7-8-15/h2-6,11H,1,7-10,15H2. The van der Waals surface area contributed by atoms with Crippen molar-refractivity contribution in [3.63, 3.8) is 0 Å². The number of amides is 1. The Bertz CT molecular complexity index is 411. The fraction of sp³-hybridized carbons (Fsp3) is 0.357. The normalized spacial score (nSPS) is 19.7. The zero-order valence-electron chi connectivity index (χ0n) is 9.93. The van der Waals surface area contributed by atoms with Gasteiger partial charge in [0.2, 0.25) is 5.91 Å². The molecule has 1 aromatic carbocycles. The first-order chi connectivity index (χ1) is 8.24. The van der Waals surface area contributed by atoms with E-state index < -0.39 is 0 Å². The van der Waals surface area contributed by atoms with Gasteiger partial charge < -0.3 is 10.6 Å². The van der Waals surface area contributed by atoms with Crippen molar-refractivity contribution in [1.82, 2.24) is 0 Å². The summed E-state index contributed by atoms with van der Waals surface area (Å²) in [5.41, 5.74) is 7.69. The third-order valence-electron chi connectivity index (χ3n) is 3.17. The van der Waals surface area contributed by atoms with Crippen LogP contribution < -0.4 is 10.6 Å². The van der Waals surface area contributed by atoms with Gasteiger partial charge in [-0.3, -0.25) is 4.79 Å². The monoisotopic (exact) mass is 230 g/mol. The van der Waals surface area contributed by atoms with Crippen molar-refractivity contribution in [2.75, 3.05) is 18.0 Å². The minimum atomic E-state index is 0.182. The lowest BCUT2D eigenvalue weighted by atomic mass is 10.1. The Labute approximate surface area is 102 Å². The summed E-state index contributed by atoms with van der Waals surface area (Å²) >= 11 is 0. The number of hydrogen-bond donors (Lipinski definition) is 1. The SMILES string of the molecule is C=CC1CC(=O)N(c2ccc(CCN)cc2)C1. The van der Waals surface area contributed by atoms with Gasteiger partial charge in [0.1, 0.15) is 0 Å². The van der Waals surface area contributed by atoms with E-state index in [1.165, 1.54) is 5.56 Å². The lowest BCUT2D eigenvalue weighted by Gasteiger charge is -2.16. The topological polar surface area (TPSA) is 46.3 Å². The van der Waals surface area contributed by atoms with E-state index in [-0.39, 0.29) is 11.8 Å². The van der Waals surface area contributed by atoms with Crippen LogP contribution in [0, 0.1) is 5.92 Å². The van der Waals surface area contributed by atoms with Crippen LogP contribution in [0.5, 0.6) is 0 Å². The van der Waals surface area contributed by atoms with Crippen LogP contribution in [0.4, 0.5) is 5.69 Å². The van der Waals surface area contributed by atoms with Gasteiger partial charge >= 0.3 is 0 Å². The molecular formula is C14H18N2O. The summed E-state index contributed by atoms with van der Waals surface area (Å²) in [5.74, 6) is 0.465. The molecule has 3 nitrogen and oxygen atoms in total. The van der Waals surface area contributed by atoms with E-state index >= 15 is 0 Å². The predicted octanol–water partition coefficient (Wildman–Crippen LogP) is 1.73. The van der Waals surface area contributed by atoms with Gasteiger partial charge in [-0.25, -0.2) is 0 Å². The molecule has 1 atom stereocenters. The van der Waals surface area contributed by atoms with Crippen molar-refractivity contribution in [2.24, 2.45) is 11.7 Å². The summed E-state index contributed by atoms with van der Waals surface area (Å²) in [6, 6.07) is 8.07. The summed E-state index contributed by atoms with van der Waals surface area (Å²) in [6.07, 6.45) is 3.32. The maximum absolute atomic E-state index is 11.8. The third-order valence-corrected chi connectivity index (χ3v) is 3.17. The van der Waals surface area contributed by atoms with E-state index in [2.05, 4.69) is 6.58 Å². The number of hydrogen-bond acceptors (Lipinski definition) is 2. The van der Waals surface area contributed by atoms with Gasteiger partial charge in [-0.1, -0.05) is 18.2 Å². The molecule has 2 N–H and O–H groups in total. The van der Waals surface area contributed by atoms with Crippen LogP contribution in [0.1, 0.15) is 12.0 Å². The Hall–Kier alpha value is -1.61. The van der Waals surface area contributed by atoms with E-state index in [0.29, 0.717) is 13.0 Å². The number of anilines is 1. The van der Waals surface area contributed by atoms with E-state index in [1.54, 1.807) is 0 Å². The van der Waals surface area contributed by atoms with Gasteiger partial charge in [0.25, 0.3) is 0 Å². The first-order valence-corrected chi connectivity index (χ1v) is 5.96. The van der Waals surface area contributed by atoms with Crippen LogP contribution >= 0.6 is 0 Å². The largest absolute Gasteiger partial charge is 0.330 e. The zero-order chi connectivity index (χ0) is 12.3. The highest BCUT2D eigenvalue weighted by molar-refractivity contribution is 5.95. The molecule has 1 amide bonds. The molecule has 17 heavy (non-hydrogen) atoms. The third kappa shape index (κ3) is 2.56. The summed E-state index contributed by atoms with van der Waals surface area (Å²) in [6.45, 7) is 5.15. The molecule has 1 unspecified atom stereocenters. The Morgan fingerprint density at radius 2 is 2.12 bits per heavy atom. The summed E-state index contributed by atoms with van der Waals surface area (Å²) in [5, 5.41) is 0. The van der Waals surface area contributed by atoms with Gasteiger partial charge in [-0.2, -0.15) is 0 Å². The van der Waals surface area contributed by atoms with Crippen LogP contribution in [-0.4, -0.2) is 19.0 Å². The van der Waals surface area contributed by atoms with Crippen molar-refractivity contribution in [3.05, 3.63) is 42.5 Å². The van der Waals surface area contributed by atoms with E-state index in [4.69, 9.17) is 5.73 Å². The number of carbonyl (C=O) groups is 1. The van der Waals surface area contributed by atoms with Crippen LogP contribution in [0.2, 0.25) is 0 Å². The van der Waals surface area contributed by atoms with Gasteiger partial charge in [0.15, 0.2) is 0 Å². The molecule has 0 saturated carbocycles. The minimum absolute atomic E-state index is 0.182. The van der Waals surface area contributed by atoms with Gasteiger partial charge in [-0.15, -0.1) is 6.58 Å². The molecule has 1 heterocycles. The fourth-order valence-electron chi connectivity index (χ4n) is 2.15. The van der Waals surface area contributed by atoms with E-state index in [0.717, 1.165) is 18.7 Å². The average molecular weight is 230 g/mol. The molecule has 1 aliphatic heterocycles. The van der Waals surface area contributed by atoms with Crippen LogP contribution in [-0.2, 0) is 11.2 Å². The second kappa shape index (κ2) is 5.15. The molecule has 1 saturated heterocycles. The van der Waals surface area contributed by atoms with Crippen LogP contribution in [0.3, 0.4) is 0 Å².